The van der Waals surface area contributed by atoms with E-state index in [-0.39, 0.29) is 24.8 Å². The molecule has 19 heteroatoms. The number of nitrogens with zero attached hydrogens (tertiary/aromatic N) is 8. The second-order valence-corrected chi connectivity index (χ2v) is 30.7. The molecule has 3 saturated carbocycles. The zero-order valence-corrected chi connectivity index (χ0v) is 61.8. The number of aromatic nitrogens is 5. The van der Waals surface area contributed by atoms with E-state index in [0.29, 0.717) is 0 Å². The maximum absolute atomic E-state index is 6.18. The van der Waals surface area contributed by atoms with Crippen LogP contribution in [0.4, 0.5) is 0 Å². The van der Waals surface area contributed by atoms with Gasteiger partial charge in [0.25, 0.3) is 0 Å². The zero-order valence-electron chi connectivity index (χ0n) is 60.2. The highest BCUT2D eigenvalue weighted by Crippen LogP contribution is 2.39. The number of piperidine rings is 3. The van der Waals surface area contributed by atoms with Gasteiger partial charge in [-0.15, -0.1) is 24.8 Å². The van der Waals surface area contributed by atoms with Crippen LogP contribution in [0.5, 0.6) is 17.2 Å². The number of halogens is 2. The SMILES string of the molecule is CN(C)Cc1c(OCC2CC2)ccc2c(CCC3CCN(Cc4ccc5[nH]ccc5c4)CC3)noc12.CN(C)Cc1c(OCC2CC2)ccc2c(CCC3CCN(Cc4ccc5[nH]ccc5c4)CC3)noc12.CN(C)Cc1c(OCC2CC2)ccc2c(CCC3CCNCC3)noc12.Cl.Cl. The highest BCUT2D eigenvalue weighted by Gasteiger charge is 2.29. The molecule has 8 heterocycles. The topological polar surface area (TPSA) is 166 Å². The molecule has 6 aliphatic rings. The normalized spacial score (nSPS) is 17.5. The maximum atomic E-state index is 6.18. The van der Waals surface area contributed by atoms with E-state index < -0.39 is 0 Å². The molecule has 3 N–H and O–H groups in total. The van der Waals surface area contributed by atoms with E-state index in [1.165, 1.54) is 155 Å². The molecule has 5 aromatic heterocycles. The van der Waals surface area contributed by atoms with Crippen LogP contribution in [-0.4, -0.2) is 151 Å². The number of likely N-dealkylation sites (tertiary alicyclic amines) is 2. The number of nitrogens with one attached hydrogen (secondary N) is 3. The summed E-state index contributed by atoms with van der Waals surface area (Å²) in [6, 6.07) is 30.7. The maximum Gasteiger partial charge on any atom is 0.175 e. The van der Waals surface area contributed by atoms with Crippen molar-refractivity contribution in [3.63, 3.8) is 0 Å². The summed E-state index contributed by atoms with van der Waals surface area (Å²) in [7, 11) is 12.5. The smallest absolute Gasteiger partial charge is 0.175 e. The number of aromatic amines is 2. The molecule has 6 fully saturated rings. The van der Waals surface area contributed by atoms with Crippen molar-refractivity contribution in [1.82, 2.24) is 55.3 Å². The standard InChI is InChI=1S/2C30H38N4O2.C21H31N3O2.2ClH/c2*1-33(2)19-26-29(35-20-22-3-4-22)10-7-25-28(32-36-30(25)26)9-5-21-12-15-34(16-13-21)18-23-6-8-27-24(17-23)11-14-31-27;1-24(2)13-18-20(25-14-16-3-4-16)8-6-17-19(23-26-21(17)18)7-5-15-9-11-22-12-10-15;;/h2*6-8,10-11,14,17,21-22,31H,3-5,9,12-13,15-16,18-20H2,1-2H3;6,8,15-16,22H,3-5,7,9-14H2,1-2H3;2*1H. The second kappa shape index (κ2) is 34.5. The highest BCUT2D eigenvalue weighted by molar-refractivity contribution is 5.87. The molecule has 0 spiro atoms. The van der Waals surface area contributed by atoms with E-state index in [4.69, 9.17) is 27.8 Å². The van der Waals surface area contributed by atoms with Crippen LogP contribution in [0.1, 0.15) is 141 Å². The molecule has 0 radical (unpaired) electrons. The first kappa shape index (κ1) is 73.1. The number of hydrogen-bond donors (Lipinski definition) is 3. The summed E-state index contributed by atoms with van der Waals surface area (Å²) < 4.78 is 36.1. The van der Waals surface area contributed by atoms with Gasteiger partial charge in [-0.25, -0.2) is 0 Å². The molecular formula is C81H109Cl2N11O6. The minimum atomic E-state index is 0. The van der Waals surface area contributed by atoms with Crippen molar-refractivity contribution in [2.75, 3.05) is 101 Å². The average molecular weight is 1400 g/mol. The second-order valence-electron chi connectivity index (χ2n) is 30.7. The van der Waals surface area contributed by atoms with Gasteiger partial charge in [-0.1, -0.05) is 27.6 Å². The molecule has 0 unspecified atom stereocenters. The van der Waals surface area contributed by atoms with Crippen molar-refractivity contribution < 1.29 is 27.8 Å². The van der Waals surface area contributed by atoms with Crippen LogP contribution >= 0.6 is 24.8 Å². The van der Waals surface area contributed by atoms with Gasteiger partial charge < -0.3 is 57.8 Å². The average Bonchev–Trinajstić information content (AvgIpc) is 1.59. The first-order valence-electron chi connectivity index (χ1n) is 37.3. The van der Waals surface area contributed by atoms with Gasteiger partial charge in [-0.3, -0.25) is 9.80 Å². The molecule has 3 saturated heterocycles. The first-order chi connectivity index (χ1) is 47.9. The Morgan fingerprint density at radius 2 is 0.750 bits per heavy atom. The van der Waals surface area contributed by atoms with E-state index >= 15 is 0 Å². The summed E-state index contributed by atoms with van der Waals surface area (Å²) in [6.07, 6.45) is 25.9. The van der Waals surface area contributed by atoms with Crippen LogP contribution in [0.3, 0.4) is 0 Å². The van der Waals surface area contributed by atoms with Crippen LogP contribution in [0.2, 0.25) is 0 Å². The van der Waals surface area contributed by atoms with E-state index in [2.05, 4.69) is 182 Å². The Balaban J connectivity index is 0.000000143. The van der Waals surface area contributed by atoms with E-state index in [0.717, 1.165) is 204 Å². The molecule has 5 aromatic carbocycles. The van der Waals surface area contributed by atoms with Crippen molar-refractivity contribution in [3.8, 4) is 17.2 Å². The van der Waals surface area contributed by atoms with Gasteiger partial charge in [0.05, 0.1) is 53.6 Å². The van der Waals surface area contributed by atoms with Crippen LogP contribution in [0.15, 0.2) is 111 Å². The van der Waals surface area contributed by atoms with Crippen LogP contribution in [0.25, 0.3) is 54.7 Å². The van der Waals surface area contributed by atoms with E-state index in [9.17, 15) is 0 Å². The van der Waals surface area contributed by atoms with E-state index in [1.54, 1.807) is 0 Å². The van der Waals surface area contributed by atoms with Gasteiger partial charge in [-0.2, -0.15) is 0 Å². The van der Waals surface area contributed by atoms with Crippen LogP contribution in [-0.2, 0) is 52.0 Å². The van der Waals surface area contributed by atoms with Crippen LogP contribution < -0.4 is 19.5 Å². The summed E-state index contributed by atoms with van der Waals surface area (Å²) in [5.41, 5.74) is 14.7. The lowest BCUT2D eigenvalue weighted by Crippen LogP contribution is -2.33. The zero-order chi connectivity index (χ0) is 66.9. The Morgan fingerprint density at radius 3 is 1.08 bits per heavy atom. The third-order valence-electron chi connectivity index (χ3n) is 21.6. The van der Waals surface area contributed by atoms with Crippen molar-refractivity contribution in [1.29, 1.82) is 0 Å². The van der Waals surface area contributed by atoms with Gasteiger partial charge in [0.2, 0.25) is 0 Å². The lowest BCUT2D eigenvalue weighted by Gasteiger charge is -2.32. The minimum Gasteiger partial charge on any atom is -0.493 e. The lowest BCUT2D eigenvalue weighted by molar-refractivity contribution is 0.172. The predicted octanol–water partition coefficient (Wildman–Crippen LogP) is 16.5. The number of rotatable bonds is 28. The third kappa shape index (κ3) is 19.3. The number of hydrogen-bond acceptors (Lipinski definition) is 15. The number of ether oxygens (including phenoxy) is 3. The number of aryl methyl sites for hydroxylation is 3. The summed E-state index contributed by atoms with van der Waals surface area (Å²) in [5, 5.41) is 23.0. The van der Waals surface area contributed by atoms with Gasteiger partial charge in [0.15, 0.2) is 16.7 Å². The van der Waals surface area contributed by atoms with E-state index in [1.807, 2.05) is 12.4 Å². The Labute approximate surface area is 603 Å². The molecule has 3 aliphatic carbocycles. The number of fused-ring (bicyclic) bond motifs is 5. The predicted molar refractivity (Wildman–Crippen MR) is 407 cm³/mol. The number of benzene rings is 5. The number of H-pyrrole nitrogens is 2. The van der Waals surface area contributed by atoms with Crippen molar-refractivity contribution in [2.24, 2.45) is 35.5 Å². The Morgan fingerprint density at radius 1 is 0.410 bits per heavy atom. The summed E-state index contributed by atoms with van der Waals surface area (Å²) in [6.45, 7) is 13.9. The summed E-state index contributed by atoms with van der Waals surface area (Å²) in [5.74, 6) is 7.38. The minimum absolute atomic E-state index is 0. The molecule has 16 rings (SSSR count). The molecule has 0 atom stereocenters. The van der Waals surface area contributed by atoms with Crippen molar-refractivity contribution in [2.45, 2.75) is 148 Å². The molecule has 0 bridgehead atoms. The first-order valence-corrected chi connectivity index (χ1v) is 37.3. The molecule has 17 nitrogen and oxygen atoms in total. The Bertz CT molecular complexity index is 3990. The van der Waals surface area contributed by atoms with Crippen molar-refractivity contribution in [3.05, 3.63) is 142 Å². The molecule has 538 valence electrons. The summed E-state index contributed by atoms with van der Waals surface area (Å²) in [4.78, 5) is 18.3. The fourth-order valence-corrected chi connectivity index (χ4v) is 15.1. The molecule has 0 amide bonds. The molecule has 10 aromatic rings. The molecule has 100 heavy (non-hydrogen) atoms. The third-order valence-corrected chi connectivity index (χ3v) is 21.6. The molecular weight excluding hydrogens is 1290 g/mol. The van der Waals surface area contributed by atoms with Crippen molar-refractivity contribution >= 4 is 79.5 Å². The Kier molecular flexibility index (Phi) is 25.2. The highest BCUT2D eigenvalue weighted by atomic mass is 35.5. The fraction of sp³-hybridized carbons (Fsp3) is 0.543. The lowest BCUT2D eigenvalue weighted by atomic mass is 9.91. The molecule has 3 aliphatic heterocycles. The van der Waals surface area contributed by atoms with Gasteiger partial charge in [0.1, 0.15) is 17.2 Å². The van der Waals surface area contributed by atoms with Gasteiger partial charge >= 0.3 is 0 Å². The van der Waals surface area contributed by atoms with Gasteiger partial charge in [0, 0.05) is 72.3 Å². The Hall–Kier alpha value is -6.67. The fourth-order valence-electron chi connectivity index (χ4n) is 15.1. The monoisotopic (exact) mass is 1400 g/mol. The quantitative estimate of drug-likeness (QED) is 0.0424. The summed E-state index contributed by atoms with van der Waals surface area (Å²) >= 11 is 0. The van der Waals surface area contributed by atoms with Gasteiger partial charge in [-0.05, 0) is 327 Å². The largest absolute Gasteiger partial charge is 0.493 e. The van der Waals surface area contributed by atoms with Crippen LogP contribution in [0, 0.1) is 35.5 Å².